The predicted octanol–water partition coefficient (Wildman–Crippen LogP) is 4.70. The Labute approximate surface area is 151 Å². The van der Waals surface area contributed by atoms with Crippen molar-refractivity contribution in [3.05, 3.63) is 59.4 Å². The van der Waals surface area contributed by atoms with E-state index in [4.69, 9.17) is 14.7 Å². The van der Waals surface area contributed by atoms with Crippen molar-refractivity contribution in [1.29, 1.82) is 5.26 Å². The molecule has 5 heteroatoms. The summed E-state index contributed by atoms with van der Waals surface area (Å²) in [4.78, 5) is 1.85. The van der Waals surface area contributed by atoms with E-state index in [0.717, 1.165) is 33.8 Å². The third kappa shape index (κ3) is 4.21. The molecule has 0 unspecified atom stereocenters. The average Bonchev–Trinajstić information content (AvgIpc) is 2.64. The summed E-state index contributed by atoms with van der Waals surface area (Å²) >= 11 is 1.51. The van der Waals surface area contributed by atoms with Gasteiger partial charge in [-0.05, 0) is 41.5 Å². The molecule has 1 fully saturated rings. The van der Waals surface area contributed by atoms with Crippen LogP contribution < -0.4 is 0 Å². The minimum atomic E-state index is -0.480. The van der Waals surface area contributed by atoms with Crippen LogP contribution in [0.15, 0.2) is 52.3 Å². The topological polar surface area (TPSA) is 42.2 Å². The molecule has 25 heavy (non-hydrogen) atoms. The second-order valence-electron chi connectivity index (χ2n) is 6.07. The number of benzene rings is 2. The molecule has 0 aromatic heterocycles. The summed E-state index contributed by atoms with van der Waals surface area (Å²) in [5, 5.41) is 8.74. The number of hydrogen-bond acceptors (Lipinski definition) is 4. The van der Waals surface area contributed by atoms with Crippen molar-refractivity contribution in [2.24, 2.45) is 0 Å². The molecule has 130 valence electrons. The maximum Gasteiger partial charge on any atom is 0.124 e. The van der Waals surface area contributed by atoms with Gasteiger partial charge in [-0.15, -0.1) is 0 Å². The lowest BCUT2D eigenvalue weighted by molar-refractivity contribution is -0.0950. The third-order valence-corrected chi connectivity index (χ3v) is 5.51. The van der Waals surface area contributed by atoms with Crippen molar-refractivity contribution in [2.75, 3.05) is 20.3 Å². The second kappa shape index (κ2) is 8.01. The van der Waals surface area contributed by atoms with E-state index in [1.165, 1.54) is 11.8 Å². The molecule has 2 aromatic carbocycles. The zero-order valence-electron chi connectivity index (χ0n) is 14.1. The first-order valence-electron chi connectivity index (χ1n) is 8.23. The van der Waals surface area contributed by atoms with Crippen molar-refractivity contribution in [1.82, 2.24) is 0 Å². The van der Waals surface area contributed by atoms with E-state index < -0.39 is 5.60 Å². The van der Waals surface area contributed by atoms with Crippen molar-refractivity contribution < 1.29 is 13.9 Å². The van der Waals surface area contributed by atoms with E-state index in [0.29, 0.717) is 19.6 Å². The summed E-state index contributed by atoms with van der Waals surface area (Å²) < 4.78 is 25.4. The number of nitrogens with zero attached hydrogens (tertiary/aromatic N) is 1. The quantitative estimate of drug-likeness (QED) is 0.778. The summed E-state index contributed by atoms with van der Waals surface area (Å²) in [5.74, 6) is -0.260. The number of nitriles is 1. The molecule has 1 saturated heterocycles. The van der Waals surface area contributed by atoms with Crippen LogP contribution in [0.5, 0.6) is 0 Å². The Morgan fingerprint density at radius 3 is 2.52 bits per heavy atom. The van der Waals surface area contributed by atoms with Gasteiger partial charge in [0.25, 0.3) is 0 Å². The molecule has 0 N–H and O–H groups in total. The van der Waals surface area contributed by atoms with Gasteiger partial charge in [0.05, 0.1) is 18.1 Å². The number of methoxy groups -OCH3 is 1. The van der Waals surface area contributed by atoms with Crippen LogP contribution in [0, 0.1) is 17.1 Å². The number of halogens is 1. The SMILES string of the molecule is COC1(c2cc(F)cc(Sc3ccc(CC#N)cc3)c2)CCOCC1. The summed E-state index contributed by atoms with van der Waals surface area (Å²) in [6, 6.07) is 15.0. The number of hydrogen-bond donors (Lipinski definition) is 0. The average molecular weight is 357 g/mol. The van der Waals surface area contributed by atoms with Gasteiger partial charge in [0, 0.05) is 43.0 Å². The lowest BCUT2D eigenvalue weighted by atomic mass is 9.86. The van der Waals surface area contributed by atoms with Crippen LogP contribution in [0.3, 0.4) is 0 Å². The molecule has 1 heterocycles. The Morgan fingerprint density at radius 2 is 1.88 bits per heavy atom. The van der Waals surface area contributed by atoms with Gasteiger partial charge in [-0.1, -0.05) is 23.9 Å². The van der Waals surface area contributed by atoms with E-state index in [1.54, 1.807) is 19.2 Å². The molecule has 0 aliphatic carbocycles. The van der Waals surface area contributed by atoms with Crippen LogP contribution in [-0.2, 0) is 21.5 Å². The molecule has 2 aromatic rings. The van der Waals surface area contributed by atoms with Crippen molar-refractivity contribution in [2.45, 2.75) is 34.7 Å². The lowest BCUT2D eigenvalue weighted by Crippen LogP contribution is -2.35. The van der Waals surface area contributed by atoms with Gasteiger partial charge in [-0.2, -0.15) is 5.26 Å². The molecule has 1 aliphatic rings. The number of rotatable bonds is 5. The second-order valence-corrected chi connectivity index (χ2v) is 7.21. The highest BCUT2D eigenvalue weighted by atomic mass is 32.2. The molecular weight excluding hydrogens is 337 g/mol. The first-order valence-corrected chi connectivity index (χ1v) is 9.04. The zero-order valence-corrected chi connectivity index (χ0v) is 14.9. The van der Waals surface area contributed by atoms with Gasteiger partial charge in [-0.3, -0.25) is 0 Å². The van der Waals surface area contributed by atoms with Crippen molar-refractivity contribution in [3.63, 3.8) is 0 Å². The smallest absolute Gasteiger partial charge is 0.124 e. The van der Waals surface area contributed by atoms with Gasteiger partial charge in [0.2, 0.25) is 0 Å². The fourth-order valence-electron chi connectivity index (χ4n) is 3.10. The van der Waals surface area contributed by atoms with Gasteiger partial charge < -0.3 is 9.47 Å². The molecule has 0 saturated carbocycles. The highest BCUT2D eigenvalue weighted by Gasteiger charge is 2.35. The van der Waals surface area contributed by atoms with Gasteiger partial charge in [0.1, 0.15) is 5.82 Å². The van der Waals surface area contributed by atoms with E-state index in [1.807, 2.05) is 30.3 Å². The summed E-state index contributed by atoms with van der Waals surface area (Å²) in [6.45, 7) is 1.24. The van der Waals surface area contributed by atoms with E-state index in [9.17, 15) is 4.39 Å². The van der Waals surface area contributed by atoms with Crippen LogP contribution >= 0.6 is 11.8 Å². The lowest BCUT2D eigenvalue weighted by Gasteiger charge is -2.36. The molecule has 0 atom stereocenters. The number of ether oxygens (including phenoxy) is 2. The predicted molar refractivity (Wildman–Crippen MR) is 95.0 cm³/mol. The summed E-state index contributed by atoms with van der Waals surface area (Å²) in [6.07, 6.45) is 1.84. The molecule has 0 radical (unpaired) electrons. The molecule has 0 spiro atoms. The van der Waals surface area contributed by atoms with Gasteiger partial charge >= 0.3 is 0 Å². The molecule has 0 bridgehead atoms. The third-order valence-electron chi connectivity index (χ3n) is 4.53. The highest BCUT2D eigenvalue weighted by molar-refractivity contribution is 7.99. The Hall–Kier alpha value is -1.87. The summed E-state index contributed by atoms with van der Waals surface area (Å²) in [7, 11) is 1.68. The van der Waals surface area contributed by atoms with E-state index in [2.05, 4.69) is 6.07 Å². The summed E-state index contributed by atoms with van der Waals surface area (Å²) in [5.41, 5.74) is 1.36. The highest BCUT2D eigenvalue weighted by Crippen LogP contribution is 2.38. The standard InChI is InChI=1S/C20H20FNO2S/c1-23-20(7-10-24-11-8-20)16-12-17(21)14-19(13-16)25-18-4-2-15(3-5-18)6-9-22/h2-5,12-14H,6-8,10-11H2,1H3. The molecule has 3 nitrogen and oxygen atoms in total. The van der Waals surface area contributed by atoms with Crippen LogP contribution in [-0.4, -0.2) is 20.3 Å². The molecule has 1 aliphatic heterocycles. The van der Waals surface area contributed by atoms with E-state index in [-0.39, 0.29) is 5.82 Å². The minimum Gasteiger partial charge on any atom is -0.381 e. The largest absolute Gasteiger partial charge is 0.381 e. The first-order chi connectivity index (χ1) is 12.1. The fraction of sp³-hybridized carbons (Fsp3) is 0.350. The zero-order chi connectivity index (χ0) is 17.7. The normalized spacial score (nSPS) is 16.4. The maximum absolute atomic E-state index is 14.2. The molecule has 3 rings (SSSR count). The Bertz CT molecular complexity index is 764. The van der Waals surface area contributed by atoms with Crippen molar-refractivity contribution >= 4 is 11.8 Å². The van der Waals surface area contributed by atoms with Crippen LogP contribution in [0.1, 0.15) is 24.0 Å². The maximum atomic E-state index is 14.2. The molecular formula is C20H20FNO2S. The molecule has 0 amide bonds. The Morgan fingerprint density at radius 1 is 1.16 bits per heavy atom. The van der Waals surface area contributed by atoms with Gasteiger partial charge in [0.15, 0.2) is 0 Å². The monoisotopic (exact) mass is 357 g/mol. The first kappa shape index (κ1) is 17.9. The Balaban J connectivity index is 1.85. The van der Waals surface area contributed by atoms with Crippen molar-refractivity contribution in [3.8, 4) is 6.07 Å². The van der Waals surface area contributed by atoms with Crippen LogP contribution in [0.2, 0.25) is 0 Å². The Kier molecular flexibility index (Phi) is 5.74. The van der Waals surface area contributed by atoms with E-state index >= 15 is 0 Å². The van der Waals surface area contributed by atoms with Crippen LogP contribution in [0.4, 0.5) is 4.39 Å². The van der Waals surface area contributed by atoms with Gasteiger partial charge in [-0.25, -0.2) is 4.39 Å². The fourth-order valence-corrected chi connectivity index (χ4v) is 4.00. The minimum absolute atomic E-state index is 0.260. The van der Waals surface area contributed by atoms with Crippen LogP contribution in [0.25, 0.3) is 0 Å².